The number of hydrogen-bond acceptors (Lipinski definition) is 3. The number of nitrogens with one attached hydrogen (secondary N) is 1. The molecule has 1 aliphatic heterocycles. The van der Waals surface area contributed by atoms with E-state index in [0.717, 1.165) is 11.1 Å². The van der Waals surface area contributed by atoms with E-state index in [0.29, 0.717) is 42.5 Å². The second-order valence-electron chi connectivity index (χ2n) is 6.89. The van der Waals surface area contributed by atoms with Crippen molar-refractivity contribution in [1.82, 2.24) is 9.62 Å². The van der Waals surface area contributed by atoms with Gasteiger partial charge in [0.25, 0.3) is 0 Å². The minimum Gasteiger partial charge on any atom is -0.352 e. The van der Waals surface area contributed by atoms with Crippen LogP contribution < -0.4 is 5.32 Å². The minimum absolute atomic E-state index is 0.0899. The highest BCUT2D eigenvalue weighted by atomic mass is 35.5. The van der Waals surface area contributed by atoms with Crippen LogP contribution in [0, 0.1) is 5.92 Å². The fraction of sp³-hybridized carbons (Fsp3) is 0.286. The van der Waals surface area contributed by atoms with Crippen LogP contribution in [0.25, 0.3) is 6.08 Å². The van der Waals surface area contributed by atoms with E-state index in [1.165, 1.54) is 9.71 Å². The van der Waals surface area contributed by atoms with Crippen LogP contribution in [0.1, 0.15) is 24.0 Å². The maximum atomic E-state index is 12.5. The molecule has 0 aliphatic carbocycles. The number of rotatable bonds is 6. The van der Waals surface area contributed by atoms with Gasteiger partial charge in [-0.15, -0.1) is 0 Å². The topological polar surface area (TPSA) is 66.5 Å². The molecule has 0 radical (unpaired) electrons. The Morgan fingerprint density at radius 3 is 2.45 bits per heavy atom. The zero-order valence-electron chi connectivity index (χ0n) is 15.7. The number of carbonyl (C=O) groups is 1. The smallest absolute Gasteiger partial charge is 0.236 e. The number of amides is 1. The van der Waals surface area contributed by atoms with Crippen molar-refractivity contribution in [2.45, 2.75) is 19.4 Å². The lowest BCUT2D eigenvalue weighted by atomic mass is 9.97. The summed E-state index contributed by atoms with van der Waals surface area (Å²) in [4.78, 5) is 12.5. The van der Waals surface area contributed by atoms with Crippen molar-refractivity contribution in [2.24, 2.45) is 5.92 Å². The van der Waals surface area contributed by atoms with Crippen molar-refractivity contribution in [2.75, 3.05) is 13.1 Å². The van der Waals surface area contributed by atoms with E-state index in [1.54, 1.807) is 24.3 Å². The van der Waals surface area contributed by atoms with Crippen molar-refractivity contribution in [3.63, 3.8) is 0 Å². The van der Waals surface area contributed by atoms with E-state index in [2.05, 4.69) is 5.32 Å². The number of carbonyl (C=O) groups excluding carboxylic acids is 1. The lowest BCUT2D eigenvalue weighted by molar-refractivity contribution is -0.126. The first kappa shape index (κ1) is 21.8. The number of halogens is 2. The summed E-state index contributed by atoms with van der Waals surface area (Å²) in [6.07, 6.45) is 2.56. The van der Waals surface area contributed by atoms with Gasteiger partial charge in [-0.1, -0.05) is 59.6 Å². The Kier molecular flexibility index (Phi) is 7.35. The Morgan fingerprint density at radius 2 is 1.79 bits per heavy atom. The standard InChI is InChI=1S/C21H22Cl2N2O3S/c22-19-7-6-18(20(23)14-19)15-24-21(26)17-8-11-25(12-9-17)29(27,28)13-10-16-4-2-1-3-5-16/h1-7,10,13-14,17H,8-9,11-12,15H2,(H,24,26). The molecule has 5 nitrogen and oxygen atoms in total. The number of piperidine rings is 1. The van der Waals surface area contributed by atoms with Crippen molar-refractivity contribution in [3.05, 3.63) is 75.1 Å². The predicted octanol–water partition coefficient (Wildman–Crippen LogP) is 4.32. The zero-order valence-corrected chi connectivity index (χ0v) is 18.1. The third-order valence-electron chi connectivity index (χ3n) is 4.88. The van der Waals surface area contributed by atoms with Gasteiger partial charge >= 0.3 is 0 Å². The molecule has 2 aromatic carbocycles. The average molecular weight is 453 g/mol. The molecule has 0 unspecified atom stereocenters. The van der Waals surface area contributed by atoms with Crippen LogP contribution in [0.15, 0.2) is 53.9 Å². The molecule has 0 spiro atoms. The Labute approximate surface area is 181 Å². The van der Waals surface area contributed by atoms with Crippen molar-refractivity contribution in [1.29, 1.82) is 0 Å². The summed E-state index contributed by atoms with van der Waals surface area (Å²) in [5, 5.41) is 5.15. The highest BCUT2D eigenvalue weighted by Crippen LogP contribution is 2.23. The van der Waals surface area contributed by atoms with Crippen molar-refractivity contribution in [3.8, 4) is 0 Å². The summed E-state index contributed by atoms with van der Waals surface area (Å²) < 4.78 is 26.5. The molecule has 1 aliphatic rings. The van der Waals surface area contributed by atoms with Crippen LogP contribution in [0.5, 0.6) is 0 Å². The molecule has 2 aromatic rings. The maximum Gasteiger partial charge on any atom is 0.236 e. The van der Waals surface area contributed by atoms with Gasteiger partial charge in [0.05, 0.1) is 0 Å². The van der Waals surface area contributed by atoms with E-state index in [4.69, 9.17) is 23.2 Å². The zero-order chi connectivity index (χ0) is 20.9. The van der Waals surface area contributed by atoms with Crippen LogP contribution in [0.3, 0.4) is 0 Å². The summed E-state index contributed by atoms with van der Waals surface area (Å²) in [5.74, 6) is -0.307. The van der Waals surface area contributed by atoms with Crippen LogP contribution >= 0.6 is 23.2 Å². The summed E-state index contributed by atoms with van der Waals surface area (Å²) in [5.41, 5.74) is 1.61. The molecule has 154 valence electrons. The third kappa shape index (κ3) is 6.06. The molecule has 0 bridgehead atoms. The van der Waals surface area contributed by atoms with Gasteiger partial charge in [0.15, 0.2) is 0 Å². The molecule has 1 fully saturated rings. The molecule has 3 rings (SSSR count). The first-order chi connectivity index (χ1) is 13.8. The van der Waals surface area contributed by atoms with E-state index in [9.17, 15) is 13.2 Å². The SMILES string of the molecule is O=C(NCc1ccc(Cl)cc1Cl)C1CCN(S(=O)(=O)C=Cc2ccccc2)CC1. The van der Waals surface area contributed by atoms with Gasteiger partial charge in [0.2, 0.25) is 15.9 Å². The second-order valence-corrected chi connectivity index (χ2v) is 9.55. The average Bonchev–Trinajstić information content (AvgIpc) is 2.72. The number of hydrogen-bond donors (Lipinski definition) is 1. The summed E-state index contributed by atoms with van der Waals surface area (Å²) in [6, 6.07) is 14.4. The van der Waals surface area contributed by atoms with E-state index < -0.39 is 10.0 Å². The van der Waals surface area contributed by atoms with Gasteiger partial charge in [-0.2, -0.15) is 4.31 Å². The maximum absolute atomic E-state index is 12.5. The van der Waals surface area contributed by atoms with Gasteiger partial charge in [-0.3, -0.25) is 4.79 Å². The lowest BCUT2D eigenvalue weighted by Crippen LogP contribution is -2.42. The molecule has 1 amide bonds. The number of benzene rings is 2. The molecule has 0 aromatic heterocycles. The Hall–Kier alpha value is -1.86. The Morgan fingerprint density at radius 1 is 1.10 bits per heavy atom. The fourth-order valence-corrected chi connectivity index (χ4v) is 4.88. The van der Waals surface area contributed by atoms with E-state index >= 15 is 0 Å². The summed E-state index contributed by atoms with van der Waals surface area (Å²) >= 11 is 12.0. The number of sulfonamides is 1. The lowest BCUT2D eigenvalue weighted by Gasteiger charge is -2.29. The van der Waals surface area contributed by atoms with Crippen LogP contribution in [0.4, 0.5) is 0 Å². The number of nitrogens with zero attached hydrogens (tertiary/aromatic N) is 1. The summed E-state index contributed by atoms with van der Waals surface area (Å²) in [6.45, 7) is 0.954. The van der Waals surface area contributed by atoms with Crippen molar-refractivity contribution >= 4 is 45.2 Å². The normalized spacial score (nSPS) is 16.2. The van der Waals surface area contributed by atoms with Gasteiger partial charge in [-0.05, 0) is 42.2 Å². The first-order valence-electron chi connectivity index (χ1n) is 9.30. The molecule has 0 atom stereocenters. The summed E-state index contributed by atoms with van der Waals surface area (Å²) in [7, 11) is -3.50. The molecule has 1 saturated heterocycles. The Balaban J connectivity index is 1.51. The molecule has 0 saturated carbocycles. The fourth-order valence-electron chi connectivity index (χ4n) is 3.18. The third-order valence-corrected chi connectivity index (χ3v) is 7.04. The van der Waals surface area contributed by atoms with Crippen LogP contribution in [-0.4, -0.2) is 31.7 Å². The quantitative estimate of drug-likeness (QED) is 0.709. The molecule has 8 heteroatoms. The van der Waals surface area contributed by atoms with Gasteiger partial charge in [-0.25, -0.2) is 8.42 Å². The highest BCUT2D eigenvalue weighted by molar-refractivity contribution is 7.92. The van der Waals surface area contributed by atoms with Gasteiger partial charge in [0.1, 0.15) is 0 Å². The van der Waals surface area contributed by atoms with E-state index in [-0.39, 0.29) is 11.8 Å². The highest BCUT2D eigenvalue weighted by Gasteiger charge is 2.29. The molecular formula is C21H22Cl2N2O3S. The molecule has 29 heavy (non-hydrogen) atoms. The molecule has 1 heterocycles. The van der Waals surface area contributed by atoms with Gasteiger partial charge < -0.3 is 5.32 Å². The van der Waals surface area contributed by atoms with Crippen molar-refractivity contribution < 1.29 is 13.2 Å². The van der Waals surface area contributed by atoms with Crippen LogP contribution in [-0.2, 0) is 21.4 Å². The largest absolute Gasteiger partial charge is 0.352 e. The molecular weight excluding hydrogens is 431 g/mol. The van der Waals surface area contributed by atoms with Crippen LogP contribution in [0.2, 0.25) is 10.0 Å². The first-order valence-corrected chi connectivity index (χ1v) is 11.6. The second kappa shape index (κ2) is 9.76. The monoisotopic (exact) mass is 452 g/mol. The predicted molar refractivity (Wildman–Crippen MR) is 117 cm³/mol. The molecule has 1 N–H and O–H groups in total. The Bertz CT molecular complexity index is 986. The minimum atomic E-state index is -3.50. The van der Waals surface area contributed by atoms with Gasteiger partial charge in [0, 0.05) is 41.0 Å². The van der Waals surface area contributed by atoms with E-state index in [1.807, 2.05) is 30.3 Å².